The van der Waals surface area contributed by atoms with Crippen molar-refractivity contribution in [2.75, 3.05) is 0 Å². The average molecular weight is 404 g/mol. The zero-order valence-electron chi connectivity index (χ0n) is 17.8. The Morgan fingerprint density at radius 3 is 1.93 bits per heavy atom. The molecule has 0 aliphatic rings. The molecule has 0 aliphatic carbocycles. The Kier molecular flexibility index (Phi) is 7.20. The molecule has 5 nitrogen and oxygen atoms in total. The van der Waals surface area contributed by atoms with Crippen LogP contribution in [0.25, 0.3) is 11.1 Å². The summed E-state index contributed by atoms with van der Waals surface area (Å²) < 4.78 is 5.26. The second-order valence-corrected chi connectivity index (χ2v) is 8.21. The molecule has 1 heterocycles. The summed E-state index contributed by atoms with van der Waals surface area (Å²) in [6, 6.07) is 20.8. The zero-order chi connectivity index (χ0) is 21.4. The molecule has 2 aromatic carbocycles. The molecule has 0 saturated heterocycles. The first-order valence-electron chi connectivity index (χ1n) is 10.1. The van der Waals surface area contributed by atoms with Crippen LogP contribution in [0, 0.1) is 0 Å². The zero-order valence-corrected chi connectivity index (χ0v) is 17.8. The lowest BCUT2D eigenvalue weighted by Crippen LogP contribution is -2.32. The number of pyridine rings is 1. The predicted octanol–water partition coefficient (Wildman–Crippen LogP) is 5.06. The van der Waals surface area contributed by atoms with E-state index in [2.05, 4.69) is 58.1 Å². The summed E-state index contributed by atoms with van der Waals surface area (Å²) >= 11 is 0. The highest BCUT2D eigenvalue weighted by Gasteiger charge is 2.15. The number of hydrogen-bond donors (Lipinski definition) is 2. The molecule has 156 valence electrons. The molecule has 3 rings (SSSR count). The quantitative estimate of drug-likeness (QED) is 0.579. The van der Waals surface area contributed by atoms with E-state index in [4.69, 9.17) is 4.74 Å². The van der Waals surface area contributed by atoms with Crippen LogP contribution in [-0.4, -0.2) is 16.7 Å². The molecule has 3 aromatic rings. The van der Waals surface area contributed by atoms with Gasteiger partial charge in [-0.3, -0.25) is 4.98 Å². The highest BCUT2D eigenvalue weighted by molar-refractivity contribution is 5.68. The van der Waals surface area contributed by atoms with E-state index in [1.807, 2.05) is 45.2 Å². The standard InChI is InChI=1S/C25H29N3O2/c1-25(2,3)30-24(29)28-18-20-8-12-23(13-9-20)22-10-6-19(7-11-22)15-27-17-21-5-4-14-26-16-21/h4-14,16,27H,15,17-18H2,1-3H3,(H,28,29). The lowest BCUT2D eigenvalue weighted by atomic mass is 10.0. The number of carbonyl (C=O) groups is 1. The highest BCUT2D eigenvalue weighted by atomic mass is 16.6. The van der Waals surface area contributed by atoms with Crippen molar-refractivity contribution in [2.45, 2.75) is 46.0 Å². The minimum absolute atomic E-state index is 0.403. The summed E-state index contributed by atoms with van der Waals surface area (Å²) in [6.45, 7) is 7.60. The van der Waals surface area contributed by atoms with Gasteiger partial charge in [-0.1, -0.05) is 54.6 Å². The van der Waals surface area contributed by atoms with Crippen molar-refractivity contribution in [3.05, 3.63) is 89.7 Å². The number of nitrogens with zero attached hydrogens (tertiary/aromatic N) is 1. The number of ether oxygens (including phenoxy) is 1. The van der Waals surface area contributed by atoms with Gasteiger partial charge in [-0.2, -0.15) is 0 Å². The first-order valence-corrected chi connectivity index (χ1v) is 10.1. The molecule has 0 fully saturated rings. The number of aromatic nitrogens is 1. The average Bonchev–Trinajstić information content (AvgIpc) is 2.73. The van der Waals surface area contributed by atoms with E-state index >= 15 is 0 Å². The maximum Gasteiger partial charge on any atom is 0.407 e. The molecule has 0 saturated carbocycles. The number of benzene rings is 2. The molecular formula is C25H29N3O2. The van der Waals surface area contributed by atoms with Crippen molar-refractivity contribution >= 4 is 6.09 Å². The van der Waals surface area contributed by atoms with E-state index in [1.165, 1.54) is 11.1 Å². The summed E-state index contributed by atoms with van der Waals surface area (Å²) in [6.07, 6.45) is 3.26. The summed E-state index contributed by atoms with van der Waals surface area (Å²) in [5.41, 5.74) is 5.26. The maximum atomic E-state index is 11.8. The van der Waals surface area contributed by atoms with Crippen LogP contribution in [0.5, 0.6) is 0 Å². The number of alkyl carbamates (subject to hydrolysis) is 1. The van der Waals surface area contributed by atoms with Crippen LogP contribution in [0.4, 0.5) is 4.79 Å². The third-order valence-electron chi connectivity index (χ3n) is 4.46. The summed E-state index contributed by atoms with van der Waals surface area (Å²) in [4.78, 5) is 15.9. The number of nitrogens with one attached hydrogen (secondary N) is 2. The van der Waals surface area contributed by atoms with E-state index in [0.29, 0.717) is 6.54 Å². The maximum absolute atomic E-state index is 11.8. The van der Waals surface area contributed by atoms with E-state index in [-0.39, 0.29) is 0 Å². The molecule has 0 radical (unpaired) electrons. The number of hydrogen-bond acceptors (Lipinski definition) is 4. The van der Waals surface area contributed by atoms with Crippen molar-refractivity contribution in [3.63, 3.8) is 0 Å². The van der Waals surface area contributed by atoms with Gasteiger partial charge in [-0.05, 0) is 54.7 Å². The van der Waals surface area contributed by atoms with Crippen molar-refractivity contribution in [1.82, 2.24) is 15.6 Å². The minimum Gasteiger partial charge on any atom is -0.444 e. The molecule has 1 amide bonds. The smallest absolute Gasteiger partial charge is 0.407 e. The van der Waals surface area contributed by atoms with Gasteiger partial charge in [0, 0.05) is 32.0 Å². The van der Waals surface area contributed by atoms with Crippen molar-refractivity contribution < 1.29 is 9.53 Å². The normalized spacial score (nSPS) is 11.2. The summed E-state index contributed by atoms with van der Waals surface area (Å²) in [5.74, 6) is 0. The summed E-state index contributed by atoms with van der Waals surface area (Å²) in [5, 5.41) is 6.22. The Labute approximate surface area is 178 Å². The minimum atomic E-state index is -0.492. The van der Waals surface area contributed by atoms with Gasteiger partial charge in [-0.25, -0.2) is 4.79 Å². The van der Waals surface area contributed by atoms with E-state index < -0.39 is 11.7 Å². The second-order valence-electron chi connectivity index (χ2n) is 8.21. The van der Waals surface area contributed by atoms with Crippen LogP contribution >= 0.6 is 0 Å². The molecule has 0 unspecified atom stereocenters. The van der Waals surface area contributed by atoms with Gasteiger partial charge >= 0.3 is 6.09 Å². The Hall–Kier alpha value is -3.18. The second kappa shape index (κ2) is 10.0. The van der Waals surface area contributed by atoms with Crippen molar-refractivity contribution in [1.29, 1.82) is 0 Å². The largest absolute Gasteiger partial charge is 0.444 e. The van der Waals surface area contributed by atoms with Crippen molar-refractivity contribution in [2.24, 2.45) is 0 Å². The molecule has 0 aliphatic heterocycles. The Morgan fingerprint density at radius 2 is 1.40 bits per heavy atom. The lowest BCUT2D eigenvalue weighted by Gasteiger charge is -2.19. The van der Waals surface area contributed by atoms with Crippen molar-refractivity contribution in [3.8, 4) is 11.1 Å². The molecule has 0 spiro atoms. The van der Waals surface area contributed by atoms with Crippen LogP contribution in [0.3, 0.4) is 0 Å². The first kappa shape index (κ1) is 21.5. The summed E-state index contributed by atoms with van der Waals surface area (Å²) in [7, 11) is 0. The van der Waals surface area contributed by atoms with Gasteiger partial charge in [0.25, 0.3) is 0 Å². The van der Waals surface area contributed by atoms with Crippen LogP contribution in [-0.2, 0) is 24.4 Å². The topological polar surface area (TPSA) is 63.2 Å². The fourth-order valence-corrected chi connectivity index (χ4v) is 2.97. The number of rotatable bonds is 7. The molecule has 0 atom stereocenters. The van der Waals surface area contributed by atoms with Gasteiger partial charge in [0.2, 0.25) is 0 Å². The molecule has 30 heavy (non-hydrogen) atoms. The molecule has 1 aromatic heterocycles. The van der Waals surface area contributed by atoms with E-state index in [9.17, 15) is 4.79 Å². The molecule has 5 heteroatoms. The first-order chi connectivity index (χ1) is 14.4. The van der Waals surface area contributed by atoms with Crippen LogP contribution in [0.2, 0.25) is 0 Å². The fourth-order valence-electron chi connectivity index (χ4n) is 2.97. The number of carbonyl (C=O) groups excluding carboxylic acids is 1. The Bertz CT molecular complexity index is 931. The van der Waals surface area contributed by atoms with E-state index in [1.54, 1.807) is 6.20 Å². The van der Waals surface area contributed by atoms with Gasteiger partial charge < -0.3 is 15.4 Å². The SMILES string of the molecule is CC(C)(C)OC(=O)NCc1ccc(-c2ccc(CNCc3cccnc3)cc2)cc1. The third-order valence-corrected chi connectivity index (χ3v) is 4.46. The molecule has 2 N–H and O–H groups in total. The monoisotopic (exact) mass is 403 g/mol. The van der Waals surface area contributed by atoms with Gasteiger partial charge in [0.1, 0.15) is 5.60 Å². The third kappa shape index (κ3) is 7.01. The van der Waals surface area contributed by atoms with Crippen LogP contribution in [0.15, 0.2) is 73.1 Å². The Balaban J connectivity index is 1.49. The van der Waals surface area contributed by atoms with Crippen LogP contribution in [0.1, 0.15) is 37.5 Å². The highest BCUT2D eigenvalue weighted by Crippen LogP contribution is 2.20. The van der Waals surface area contributed by atoms with Gasteiger partial charge in [-0.15, -0.1) is 0 Å². The van der Waals surface area contributed by atoms with Gasteiger partial charge in [0.15, 0.2) is 0 Å². The van der Waals surface area contributed by atoms with E-state index in [0.717, 1.165) is 29.8 Å². The lowest BCUT2D eigenvalue weighted by molar-refractivity contribution is 0.0523. The fraction of sp³-hybridized carbons (Fsp3) is 0.280. The molecule has 0 bridgehead atoms. The molecular weight excluding hydrogens is 374 g/mol. The van der Waals surface area contributed by atoms with Gasteiger partial charge in [0.05, 0.1) is 0 Å². The van der Waals surface area contributed by atoms with Crippen LogP contribution < -0.4 is 10.6 Å². The number of amides is 1. The Morgan fingerprint density at radius 1 is 0.833 bits per heavy atom. The predicted molar refractivity (Wildman–Crippen MR) is 120 cm³/mol.